The van der Waals surface area contributed by atoms with E-state index < -0.39 is 5.97 Å². The van der Waals surface area contributed by atoms with Crippen LogP contribution in [0.15, 0.2) is 85.2 Å². The molecule has 1 aromatic heterocycles. The number of aryl methyl sites for hydroxylation is 1. The number of carboxylic acid groups (broad SMARTS) is 1. The van der Waals surface area contributed by atoms with Gasteiger partial charge in [0.2, 0.25) is 5.91 Å². The molecule has 5 nitrogen and oxygen atoms in total. The number of hydrogen-bond donors (Lipinski definition) is 2. The van der Waals surface area contributed by atoms with Gasteiger partial charge in [-0.15, -0.1) is 0 Å². The number of carbonyl (C=O) groups is 2. The molecule has 0 aliphatic rings. The van der Waals surface area contributed by atoms with Gasteiger partial charge in [0.15, 0.2) is 0 Å². The van der Waals surface area contributed by atoms with Gasteiger partial charge in [-0.25, -0.2) is 0 Å². The SMILES string of the molecule is O=C(O)CCC/C=C(/c1ccc(NC(=O)CCCc2ccccc2)cc1)c1cccnc1. The Labute approximate surface area is 188 Å². The van der Waals surface area contributed by atoms with Gasteiger partial charge in [0.25, 0.3) is 0 Å². The van der Waals surface area contributed by atoms with Gasteiger partial charge in [0.05, 0.1) is 0 Å². The second-order valence-corrected chi connectivity index (χ2v) is 7.61. The third-order valence-electron chi connectivity index (χ3n) is 5.11. The average Bonchev–Trinajstić information content (AvgIpc) is 2.81. The molecule has 0 fully saturated rings. The summed E-state index contributed by atoms with van der Waals surface area (Å²) in [7, 11) is 0. The first-order valence-corrected chi connectivity index (χ1v) is 10.9. The maximum absolute atomic E-state index is 12.3. The first-order chi connectivity index (χ1) is 15.6. The van der Waals surface area contributed by atoms with E-state index in [1.54, 1.807) is 12.4 Å². The topological polar surface area (TPSA) is 79.3 Å². The van der Waals surface area contributed by atoms with Crippen molar-refractivity contribution in [3.05, 3.63) is 102 Å². The summed E-state index contributed by atoms with van der Waals surface area (Å²) in [6.07, 6.45) is 9.12. The molecule has 5 heteroatoms. The molecule has 3 aromatic rings. The molecule has 3 rings (SSSR count). The molecule has 0 saturated heterocycles. The lowest BCUT2D eigenvalue weighted by Crippen LogP contribution is -2.11. The van der Waals surface area contributed by atoms with Gasteiger partial charge >= 0.3 is 5.97 Å². The van der Waals surface area contributed by atoms with Crippen molar-refractivity contribution >= 4 is 23.1 Å². The van der Waals surface area contributed by atoms with Crippen LogP contribution in [0.4, 0.5) is 5.69 Å². The number of hydrogen-bond acceptors (Lipinski definition) is 3. The summed E-state index contributed by atoms with van der Waals surface area (Å²) in [4.78, 5) is 27.3. The Balaban J connectivity index is 1.60. The molecule has 164 valence electrons. The molecule has 1 amide bonds. The number of amides is 1. The quantitative estimate of drug-likeness (QED) is 0.382. The molecule has 0 aliphatic heterocycles. The zero-order valence-electron chi connectivity index (χ0n) is 18.0. The lowest BCUT2D eigenvalue weighted by atomic mass is 9.97. The Morgan fingerprint density at radius 1 is 0.875 bits per heavy atom. The van der Waals surface area contributed by atoms with Crippen LogP contribution >= 0.6 is 0 Å². The molecule has 0 spiro atoms. The Bertz CT molecular complexity index is 1030. The molecule has 0 bridgehead atoms. The summed E-state index contributed by atoms with van der Waals surface area (Å²) < 4.78 is 0. The number of aliphatic carboxylic acids is 1. The summed E-state index contributed by atoms with van der Waals surface area (Å²) in [6, 6.07) is 21.8. The number of nitrogens with one attached hydrogen (secondary N) is 1. The molecule has 1 heterocycles. The molecular weight excluding hydrogens is 400 g/mol. The summed E-state index contributed by atoms with van der Waals surface area (Å²) >= 11 is 0. The number of carboxylic acids is 1. The van der Waals surface area contributed by atoms with Crippen LogP contribution in [0.5, 0.6) is 0 Å². The van der Waals surface area contributed by atoms with Crippen LogP contribution in [-0.2, 0) is 16.0 Å². The average molecular weight is 429 g/mol. The van der Waals surface area contributed by atoms with Crippen LogP contribution in [0.2, 0.25) is 0 Å². The lowest BCUT2D eigenvalue weighted by molar-refractivity contribution is -0.137. The van der Waals surface area contributed by atoms with Crippen molar-refractivity contribution in [3.8, 4) is 0 Å². The van der Waals surface area contributed by atoms with Gasteiger partial charge in [-0.1, -0.05) is 54.6 Å². The monoisotopic (exact) mass is 428 g/mol. The van der Waals surface area contributed by atoms with Crippen molar-refractivity contribution in [1.29, 1.82) is 0 Å². The largest absolute Gasteiger partial charge is 0.481 e. The number of pyridine rings is 1. The van der Waals surface area contributed by atoms with Crippen molar-refractivity contribution in [2.24, 2.45) is 0 Å². The van der Waals surface area contributed by atoms with Gasteiger partial charge in [0.1, 0.15) is 0 Å². The smallest absolute Gasteiger partial charge is 0.303 e. The first-order valence-electron chi connectivity index (χ1n) is 10.9. The molecule has 2 N–H and O–H groups in total. The fraction of sp³-hybridized carbons (Fsp3) is 0.222. The van der Waals surface area contributed by atoms with Crippen LogP contribution in [0.1, 0.15) is 48.8 Å². The number of allylic oxidation sites excluding steroid dienone is 1. The summed E-state index contributed by atoms with van der Waals surface area (Å²) in [6.45, 7) is 0. The third kappa shape index (κ3) is 7.51. The summed E-state index contributed by atoms with van der Waals surface area (Å²) in [5.74, 6) is -0.782. The van der Waals surface area contributed by atoms with Crippen molar-refractivity contribution in [2.45, 2.75) is 38.5 Å². The molecule has 0 unspecified atom stereocenters. The van der Waals surface area contributed by atoms with Gasteiger partial charge in [-0.05, 0) is 60.6 Å². The van der Waals surface area contributed by atoms with E-state index in [4.69, 9.17) is 5.11 Å². The van der Waals surface area contributed by atoms with Crippen LogP contribution in [0.25, 0.3) is 5.57 Å². The van der Waals surface area contributed by atoms with Crippen molar-refractivity contribution in [1.82, 2.24) is 4.98 Å². The summed E-state index contributed by atoms with van der Waals surface area (Å²) in [5, 5.41) is 11.8. The minimum absolute atomic E-state index is 0.00498. The lowest BCUT2D eigenvalue weighted by Gasteiger charge is -2.11. The normalized spacial score (nSPS) is 11.2. The molecular formula is C27H28N2O3. The van der Waals surface area contributed by atoms with Crippen LogP contribution in [0, 0.1) is 0 Å². The van der Waals surface area contributed by atoms with E-state index in [0.717, 1.165) is 35.2 Å². The molecule has 0 atom stereocenters. The van der Waals surface area contributed by atoms with E-state index in [0.29, 0.717) is 19.3 Å². The van der Waals surface area contributed by atoms with Crippen molar-refractivity contribution < 1.29 is 14.7 Å². The van der Waals surface area contributed by atoms with Gasteiger partial charge < -0.3 is 10.4 Å². The predicted molar refractivity (Wildman–Crippen MR) is 127 cm³/mol. The van der Waals surface area contributed by atoms with Crippen LogP contribution in [0.3, 0.4) is 0 Å². The number of anilines is 1. The maximum Gasteiger partial charge on any atom is 0.303 e. The van der Waals surface area contributed by atoms with Gasteiger partial charge in [-0.2, -0.15) is 0 Å². The Morgan fingerprint density at radius 3 is 2.34 bits per heavy atom. The number of benzene rings is 2. The van der Waals surface area contributed by atoms with Crippen LogP contribution < -0.4 is 5.32 Å². The highest BCUT2D eigenvalue weighted by Gasteiger charge is 2.07. The third-order valence-corrected chi connectivity index (χ3v) is 5.11. The highest BCUT2D eigenvalue weighted by atomic mass is 16.4. The number of unbranched alkanes of at least 4 members (excludes halogenated alkanes) is 1. The zero-order valence-corrected chi connectivity index (χ0v) is 18.0. The summed E-state index contributed by atoms with van der Waals surface area (Å²) in [5.41, 5.74) is 4.97. The molecule has 0 saturated carbocycles. The first kappa shape index (κ1) is 22.9. The van der Waals surface area contributed by atoms with E-state index in [-0.39, 0.29) is 12.3 Å². The Morgan fingerprint density at radius 2 is 1.66 bits per heavy atom. The minimum atomic E-state index is -0.787. The molecule has 2 aromatic carbocycles. The Kier molecular flexibility index (Phi) is 8.75. The number of rotatable bonds is 11. The van der Waals surface area contributed by atoms with E-state index in [9.17, 15) is 9.59 Å². The second-order valence-electron chi connectivity index (χ2n) is 7.61. The molecule has 32 heavy (non-hydrogen) atoms. The fourth-order valence-electron chi connectivity index (χ4n) is 3.48. The number of carbonyl (C=O) groups excluding carboxylic acids is 1. The number of aromatic nitrogens is 1. The molecule has 0 radical (unpaired) electrons. The highest BCUT2D eigenvalue weighted by molar-refractivity contribution is 5.91. The van der Waals surface area contributed by atoms with Crippen LogP contribution in [-0.4, -0.2) is 22.0 Å². The van der Waals surface area contributed by atoms with E-state index in [2.05, 4.69) is 28.5 Å². The van der Waals surface area contributed by atoms with Gasteiger partial charge in [0, 0.05) is 36.5 Å². The van der Waals surface area contributed by atoms with E-state index in [1.807, 2.05) is 54.6 Å². The van der Waals surface area contributed by atoms with Crippen molar-refractivity contribution in [2.75, 3.05) is 5.32 Å². The highest BCUT2D eigenvalue weighted by Crippen LogP contribution is 2.25. The Hall–Kier alpha value is -3.73. The fourth-order valence-corrected chi connectivity index (χ4v) is 3.48. The van der Waals surface area contributed by atoms with E-state index >= 15 is 0 Å². The van der Waals surface area contributed by atoms with E-state index in [1.165, 1.54) is 5.56 Å². The zero-order chi connectivity index (χ0) is 22.6. The van der Waals surface area contributed by atoms with Gasteiger partial charge in [-0.3, -0.25) is 14.6 Å². The molecule has 0 aliphatic carbocycles. The maximum atomic E-state index is 12.3. The standard InChI is InChI=1S/C27H28N2O3/c30-26(13-6-10-21-8-2-1-3-9-21)29-24-17-15-22(16-18-24)25(12-4-5-14-27(31)32)23-11-7-19-28-20-23/h1-3,7-9,11-12,15-20H,4-6,10,13-14H2,(H,29,30)(H,31,32)/b25-12-. The number of nitrogens with zero attached hydrogens (tertiary/aromatic N) is 1. The minimum Gasteiger partial charge on any atom is -0.481 e. The second kappa shape index (κ2) is 12.2. The van der Waals surface area contributed by atoms with Crippen molar-refractivity contribution in [3.63, 3.8) is 0 Å². The predicted octanol–water partition coefficient (Wildman–Crippen LogP) is 5.73.